The number of hydrogen-bond acceptors (Lipinski definition) is 4. The monoisotopic (exact) mass is 453 g/mol. The number of hydrogen-bond donors (Lipinski definition) is 1. The van der Waals surface area contributed by atoms with Crippen LogP contribution in [0, 0.1) is 0 Å². The molecule has 1 unspecified atom stereocenters. The summed E-state index contributed by atoms with van der Waals surface area (Å²) in [4.78, 5) is 21.5. The van der Waals surface area contributed by atoms with Gasteiger partial charge in [-0.25, -0.2) is 0 Å². The van der Waals surface area contributed by atoms with Gasteiger partial charge in [-0.15, -0.1) is 0 Å². The Hall–Kier alpha value is -4.03. The van der Waals surface area contributed by atoms with Gasteiger partial charge >= 0.3 is 0 Å². The van der Waals surface area contributed by atoms with E-state index < -0.39 is 11.9 Å². The number of benzene rings is 2. The van der Waals surface area contributed by atoms with Crippen molar-refractivity contribution in [3.05, 3.63) is 102 Å². The van der Waals surface area contributed by atoms with Gasteiger partial charge < -0.3 is 5.73 Å². The lowest BCUT2D eigenvalue weighted by Crippen LogP contribution is -2.28. The predicted molar refractivity (Wildman–Crippen MR) is 130 cm³/mol. The third kappa shape index (κ3) is 4.21. The molecule has 0 aliphatic heterocycles. The lowest BCUT2D eigenvalue weighted by Gasteiger charge is -2.14. The van der Waals surface area contributed by atoms with Crippen LogP contribution in [0.4, 0.5) is 0 Å². The van der Waals surface area contributed by atoms with E-state index >= 15 is 0 Å². The number of rotatable bonds is 6. The maximum atomic E-state index is 12.5. The molecule has 162 valence electrons. The molecule has 0 aliphatic rings. The molecule has 3 aromatic heterocycles. The quantitative estimate of drug-likeness (QED) is 0.388. The highest BCUT2D eigenvalue weighted by molar-refractivity contribution is 6.30. The summed E-state index contributed by atoms with van der Waals surface area (Å²) in [6, 6.07) is 22.2. The molecule has 0 spiro atoms. The topological polar surface area (TPSA) is 86.7 Å². The number of carbonyl (C=O) groups excluding carboxylic acids is 1. The minimum absolute atomic E-state index is 0.371. The third-order valence-corrected chi connectivity index (χ3v) is 5.78. The van der Waals surface area contributed by atoms with Gasteiger partial charge in [-0.2, -0.15) is 5.10 Å². The van der Waals surface area contributed by atoms with Crippen LogP contribution < -0.4 is 5.73 Å². The second kappa shape index (κ2) is 8.84. The van der Waals surface area contributed by atoms with Crippen molar-refractivity contribution in [3.63, 3.8) is 0 Å². The zero-order valence-corrected chi connectivity index (χ0v) is 18.4. The van der Waals surface area contributed by atoms with E-state index in [9.17, 15) is 4.79 Å². The van der Waals surface area contributed by atoms with Crippen LogP contribution in [0.25, 0.3) is 33.4 Å². The fourth-order valence-corrected chi connectivity index (χ4v) is 4.20. The second-order valence-corrected chi connectivity index (χ2v) is 8.15. The van der Waals surface area contributed by atoms with Gasteiger partial charge in [-0.3, -0.25) is 19.4 Å². The van der Waals surface area contributed by atoms with Crippen molar-refractivity contribution >= 4 is 28.4 Å². The van der Waals surface area contributed by atoms with Gasteiger partial charge in [-0.05, 0) is 47.5 Å². The van der Waals surface area contributed by atoms with E-state index in [4.69, 9.17) is 22.4 Å². The highest BCUT2D eigenvalue weighted by atomic mass is 35.5. The van der Waals surface area contributed by atoms with E-state index in [0.717, 1.165) is 27.6 Å². The lowest BCUT2D eigenvalue weighted by molar-refractivity contribution is -0.121. The average molecular weight is 454 g/mol. The number of fused-ring (bicyclic) bond motifs is 1. The van der Waals surface area contributed by atoms with E-state index in [0.29, 0.717) is 22.8 Å². The number of aromatic nitrogens is 4. The maximum Gasteiger partial charge on any atom is 0.242 e. The first-order valence-electron chi connectivity index (χ1n) is 10.5. The van der Waals surface area contributed by atoms with Crippen LogP contribution in [0.1, 0.15) is 11.6 Å². The Morgan fingerprint density at radius 1 is 0.939 bits per heavy atom. The first-order chi connectivity index (χ1) is 16.1. The van der Waals surface area contributed by atoms with Crippen molar-refractivity contribution in [1.29, 1.82) is 0 Å². The van der Waals surface area contributed by atoms with Crippen LogP contribution in [0.2, 0.25) is 5.02 Å². The molecule has 5 aromatic rings. The molecule has 0 bridgehead atoms. The zero-order valence-electron chi connectivity index (χ0n) is 17.6. The molecule has 0 aliphatic carbocycles. The molecule has 0 fully saturated rings. The van der Waals surface area contributed by atoms with Crippen molar-refractivity contribution in [2.75, 3.05) is 0 Å². The van der Waals surface area contributed by atoms with Crippen LogP contribution in [0.3, 0.4) is 0 Å². The Morgan fingerprint density at radius 3 is 2.58 bits per heavy atom. The Bertz CT molecular complexity index is 1440. The van der Waals surface area contributed by atoms with E-state index in [2.05, 4.69) is 9.97 Å². The second-order valence-electron chi connectivity index (χ2n) is 7.71. The first-order valence-corrected chi connectivity index (χ1v) is 10.9. The molecule has 6 nitrogen and oxygen atoms in total. The molecular weight excluding hydrogens is 434 g/mol. The fourth-order valence-electron chi connectivity index (χ4n) is 3.98. The molecule has 0 radical (unpaired) electrons. The molecule has 33 heavy (non-hydrogen) atoms. The van der Waals surface area contributed by atoms with Crippen molar-refractivity contribution in [1.82, 2.24) is 19.7 Å². The van der Waals surface area contributed by atoms with Gasteiger partial charge in [0.1, 0.15) is 11.7 Å². The fraction of sp³-hybridized carbons (Fsp3) is 0.0769. The molecule has 2 aromatic carbocycles. The van der Waals surface area contributed by atoms with Gasteiger partial charge in [0.2, 0.25) is 5.91 Å². The summed E-state index contributed by atoms with van der Waals surface area (Å²) < 4.78 is 1.64. The van der Waals surface area contributed by atoms with Crippen LogP contribution in [-0.2, 0) is 11.2 Å². The lowest BCUT2D eigenvalue weighted by atomic mass is 10.0. The van der Waals surface area contributed by atoms with Gasteiger partial charge in [0.05, 0.1) is 11.2 Å². The van der Waals surface area contributed by atoms with Crippen LogP contribution in [0.15, 0.2) is 91.4 Å². The predicted octanol–water partition coefficient (Wildman–Crippen LogP) is 5.08. The van der Waals surface area contributed by atoms with Gasteiger partial charge in [0.25, 0.3) is 0 Å². The van der Waals surface area contributed by atoms with Gasteiger partial charge in [-0.1, -0.05) is 48.0 Å². The van der Waals surface area contributed by atoms with E-state index in [1.807, 2.05) is 72.9 Å². The average Bonchev–Trinajstić information content (AvgIpc) is 3.27. The number of amides is 1. The van der Waals surface area contributed by atoms with Crippen LogP contribution in [-0.4, -0.2) is 25.7 Å². The zero-order chi connectivity index (χ0) is 22.8. The van der Waals surface area contributed by atoms with E-state index in [-0.39, 0.29) is 0 Å². The maximum absolute atomic E-state index is 12.5. The molecule has 3 heterocycles. The first kappa shape index (κ1) is 20.8. The smallest absolute Gasteiger partial charge is 0.242 e. The molecule has 0 saturated carbocycles. The Balaban J connectivity index is 1.68. The number of halogens is 1. The highest BCUT2D eigenvalue weighted by Gasteiger charge is 2.24. The minimum atomic E-state index is -0.687. The number of carbonyl (C=O) groups is 1. The number of pyridine rings is 2. The SMILES string of the molecule is NC(=O)C(Cc1cccc(Cl)c1)n1cc(-c2ccnc3ccccc23)c(-c2ccccn2)n1. The highest BCUT2D eigenvalue weighted by Crippen LogP contribution is 2.35. The van der Waals surface area contributed by atoms with E-state index in [1.165, 1.54) is 0 Å². The Kier molecular flexibility index (Phi) is 5.59. The van der Waals surface area contributed by atoms with Crippen LogP contribution in [0.5, 0.6) is 0 Å². The summed E-state index contributed by atoms with van der Waals surface area (Å²) in [5.41, 5.74) is 10.8. The Morgan fingerprint density at radius 2 is 1.79 bits per heavy atom. The van der Waals surface area contributed by atoms with Crippen LogP contribution >= 0.6 is 11.6 Å². The van der Waals surface area contributed by atoms with Gasteiger partial charge in [0.15, 0.2) is 0 Å². The number of nitrogens with two attached hydrogens (primary N) is 1. The Labute approximate surface area is 195 Å². The summed E-state index contributed by atoms with van der Waals surface area (Å²) in [5, 5.41) is 6.40. The van der Waals surface area contributed by atoms with Crippen molar-refractivity contribution in [2.24, 2.45) is 5.73 Å². The largest absolute Gasteiger partial charge is 0.368 e. The summed E-state index contributed by atoms with van der Waals surface area (Å²) >= 11 is 6.15. The third-order valence-electron chi connectivity index (χ3n) is 5.54. The molecular formula is C26H20ClN5O. The van der Waals surface area contributed by atoms with Crippen molar-refractivity contribution in [3.8, 4) is 22.5 Å². The molecule has 0 saturated heterocycles. The minimum Gasteiger partial charge on any atom is -0.368 e. The summed E-state index contributed by atoms with van der Waals surface area (Å²) in [6.07, 6.45) is 5.73. The number of nitrogens with zero attached hydrogens (tertiary/aromatic N) is 4. The number of primary amides is 1. The van der Waals surface area contributed by atoms with E-state index in [1.54, 1.807) is 23.1 Å². The molecule has 7 heteroatoms. The summed E-state index contributed by atoms with van der Waals surface area (Å²) in [7, 11) is 0. The molecule has 1 amide bonds. The van der Waals surface area contributed by atoms with Crippen molar-refractivity contribution in [2.45, 2.75) is 12.5 Å². The normalized spacial score (nSPS) is 12.0. The standard InChI is InChI=1S/C26H20ClN5O/c27-18-7-5-6-17(14-18)15-24(26(28)33)32-16-21(25(31-32)23-10-3-4-12-29-23)19-11-13-30-22-9-2-1-8-20(19)22/h1-14,16,24H,15H2,(H2,28,33). The molecule has 5 rings (SSSR count). The van der Waals surface area contributed by atoms with Crippen molar-refractivity contribution < 1.29 is 4.79 Å². The summed E-state index contributed by atoms with van der Waals surface area (Å²) in [6.45, 7) is 0. The summed E-state index contributed by atoms with van der Waals surface area (Å²) in [5.74, 6) is -0.476. The number of para-hydroxylation sites is 1. The van der Waals surface area contributed by atoms with Gasteiger partial charge in [0, 0.05) is 41.0 Å². The molecule has 2 N–H and O–H groups in total. The molecule has 1 atom stereocenters.